The van der Waals surface area contributed by atoms with Gasteiger partial charge in [0.1, 0.15) is 6.04 Å². The average Bonchev–Trinajstić information content (AvgIpc) is 2.26. The smallest absolute Gasteiger partial charge is 0.475 e. The Labute approximate surface area is 109 Å². The van der Waals surface area contributed by atoms with Crippen molar-refractivity contribution in [3.63, 3.8) is 0 Å². The predicted octanol–water partition coefficient (Wildman–Crippen LogP) is -0.225. The van der Waals surface area contributed by atoms with Gasteiger partial charge in [0.25, 0.3) is 0 Å². The second-order valence-electron chi connectivity index (χ2n) is 3.87. The number of sulfonamides is 1. The maximum absolute atomic E-state index is 11.8. The zero-order valence-electron chi connectivity index (χ0n) is 10.2. The highest BCUT2D eigenvalue weighted by atomic mass is 32.2. The van der Waals surface area contributed by atoms with Crippen molar-refractivity contribution in [3.05, 3.63) is 0 Å². The van der Waals surface area contributed by atoms with Crippen molar-refractivity contribution in [2.24, 2.45) is 5.92 Å². The number of carboxylic acid groups (broad SMARTS) is 1. The Morgan fingerprint density at radius 3 is 2.37 bits per heavy atom. The van der Waals surface area contributed by atoms with Crippen LogP contribution in [0.5, 0.6) is 0 Å². The van der Waals surface area contributed by atoms with Crippen LogP contribution >= 0.6 is 7.75 Å². The highest BCUT2D eigenvalue weighted by Crippen LogP contribution is 2.55. The minimum absolute atomic E-state index is 0.0362. The third kappa shape index (κ3) is 2.81. The van der Waals surface area contributed by atoms with Gasteiger partial charge < -0.3 is 14.5 Å². The lowest BCUT2D eigenvalue weighted by molar-refractivity contribution is -0.154. The highest BCUT2D eigenvalue weighted by molar-refractivity contribution is 7.94. The van der Waals surface area contributed by atoms with Crippen molar-refractivity contribution in [3.8, 4) is 0 Å². The fourth-order valence-electron chi connectivity index (χ4n) is 1.78. The Morgan fingerprint density at radius 1 is 1.47 bits per heavy atom. The van der Waals surface area contributed by atoms with Crippen LogP contribution in [-0.2, 0) is 28.7 Å². The Bertz CT molecular complexity index is 543. The molecule has 0 radical (unpaired) electrons. The Morgan fingerprint density at radius 2 is 2.00 bits per heavy atom. The predicted molar refractivity (Wildman–Crippen MR) is 62.4 cm³/mol. The van der Waals surface area contributed by atoms with E-state index in [1.54, 1.807) is 0 Å². The van der Waals surface area contributed by atoms with Gasteiger partial charge in [-0.05, 0) is 13.3 Å². The molecule has 0 saturated carbocycles. The molecule has 1 aliphatic rings. The van der Waals surface area contributed by atoms with Gasteiger partial charge in [0.15, 0.2) is 0 Å². The number of rotatable bonds is 4. The fraction of sp³-hybridized carbons (Fsp3) is 0.750. The normalized spacial score (nSPS) is 32.9. The average molecular weight is 315 g/mol. The standard InChI is InChI=1S/C8H14NO8PS/c1-3-5-6(7(10)11)9(19(15,16)4-2)18(13,14)17-8(5)12/h5-6H,3-4H2,1-2H3,(H,10,11)(H,13,14)/t5-,6+/m1/s1. The van der Waals surface area contributed by atoms with Gasteiger partial charge >= 0.3 is 19.7 Å². The van der Waals surface area contributed by atoms with Crippen LogP contribution in [0.3, 0.4) is 0 Å². The van der Waals surface area contributed by atoms with E-state index in [-0.39, 0.29) is 10.5 Å². The lowest BCUT2D eigenvalue weighted by Crippen LogP contribution is -2.53. The molecule has 1 heterocycles. The number of carbonyl (C=O) groups excluding carboxylic acids is 1. The molecule has 1 aliphatic heterocycles. The molecule has 1 unspecified atom stereocenters. The second kappa shape index (κ2) is 5.20. The van der Waals surface area contributed by atoms with E-state index in [4.69, 9.17) is 5.11 Å². The number of carbonyl (C=O) groups is 2. The van der Waals surface area contributed by atoms with Gasteiger partial charge in [-0.15, -0.1) is 0 Å². The summed E-state index contributed by atoms with van der Waals surface area (Å²) in [6, 6.07) is -1.94. The summed E-state index contributed by atoms with van der Waals surface area (Å²) >= 11 is 0. The summed E-state index contributed by atoms with van der Waals surface area (Å²) in [4.78, 5) is 32.2. The van der Waals surface area contributed by atoms with E-state index in [0.29, 0.717) is 0 Å². The molecule has 11 heteroatoms. The van der Waals surface area contributed by atoms with Crippen LogP contribution in [0.15, 0.2) is 0 Å². The van der Waals surface area contributed by atoms with Crippen molar-refractivity contribution >= 4 is 29.7 Å². The van der Waals surface area contributed by atoms with Gasteiger partial charge in [-0.2, -0.15) is 0 Å². The van der Waals surface area contributed by atoms with E-state index >= 15 is 0 Å². The first-order chi connectivity index (χ1) is 8.58. The molecule has 2 N–H and O–H groups in total. The SMILES string of the molecule is CC[C@H]1C(=O)OP(=O)(O)N(S(=O)(=O)CC)[C@@H]1C(=O)O. The van der Waals surface area contributed by atoms with Crippen molar-refractivity contribution in [2.45, 2.75) is 26.3 Å². The number of nitrogens with zero attached hydrogens (tertiary/aromatic N) is 1. The summed E-state index contributed by atoms with van der Waals surface area (Å²) in [5.41, 5.74) is 0. The molecule has 0 aromatic carbocycles. The molecular weight excluding hydrogens is 301 g/mol. The molecular formula is C8H14NO8PS. The van der Waals surface area contributed by atoms with Gasteiger partial charge in [0.2, 0.25) is 10.0 Å². The fourth-order valence-corrected chi connectivity index (χ4v) is 5.36. The van der Waals surface area contributed by atoms with Crippen LogP contribution < -0.4 is 0 Å². The molecule has 0 amide bonds. The van der Waals surface area contributed by atoms with Crippen LogP contribution in [0, 0.1) is 5.92 Å². The maximum Gasteiger partial charge on any atom is 0.475 e. The first kappa shape index (κ1) is 16.1. The Hall–Kier alpha value is -0.960. The first-order valence-electron chi connectivity index (χ1n) is 5.40. The largest absolute Gasteiger partial charge is 0.480 e. The quantitative estimate of drug-likeness (QED) is 0.679. The van der Waals surface area contributed by atoms with E-state index in [1.165, 1.54) is 13.8 Å². The lowest BCUT2D eigenvalue weighted by atomic mass is 9.98. The second-order valence-corrected chi connectivity index (χ2v) is 7.87. The molecule has 0 bridgehead atoms. The summed E-state index contributed by atoms with van der Waals surface area (Å²) < 4.78 is 39.5. The third-order valence-corrected chi connectivity index (χ3v) is 6.78. The monoisotopic (exact) mass is 315 g/mol. The summed E-state index contributed by atoms with van der Waals surface area (Å²) in [6.07, 6.45) is -0.0362. The molecule has 1 rings (SSSR count). The maximum atomic E-state index is 11.8. The Kier molecular flexibility index (Phi) is 4.40. The topological polar surface area (TPSA) is 138 Å². The van der Waals surface area contributed by atoms with E-state index in [9.17, 15) is 27.5 Å². The van der Waals surface area contributed by atoms with Gasteiger partial charge in [-0.1, -0.05) is 11.0 Å². The minimum Gasteiger partial charge on any atom is -0.480 e. The lowest BCUT2D eigenvalue weighted by Gasteiger charge is -2.37. The molecule has 110 valence electrons. The van der Waals surface area contributed by atoms with E-state index in [2.05, 4.69) is 4.52 Å². The number of aliphatic carboxylic acids is 1. The number of hydrogen-bond acceptors (Lipinski definition) is 6. The zero-order valence-corrected chi connectivity index (χ0v) is 11.9. The molecule has 3 atom stereocenters. The highest BCUT2D eigenvalue weighted by Gasteiger charge is 2.58. The van der Waals surface area contributed by atoms with Gasteiger partial charge in [-0.3, -0.25) is 9.59 Å². The van der Waals surface area contributed by atoms with E-state index in [1.807, 2.05) is 0 Å². The van der Waals surface area contributed by atoms with Gasteiger partial charge in [0.05, 0.1) is 11.7 Å². The minimum atomic E-state index is -5.04. The first-order valence-corrected chi connectivity index (χ1v) is 8.54. The molecule has 0 aliphatic carbocycles. The summed E-state index contributed by atoms with van der Waals surface area (Å²) in [7, 11) is -9.36. The number of carboxylic acids is 1. The van der Waals surface area contributed by atoms with Crippen molar-refractivity contribution in [1.29, 1.82) is 0 Å². The van der Waals surface area contributed by atoms with Gasteiger partial charge in [-0.25, -0.2) is 13.0 Å². The van der Waals surface area contributed by atoms with Crippen molar-refractivity contribution < 1.29 is 37.1 Å². The summed E-state index contributed by atoms with van der Waals surface area (Å²) in [6.45, 7) is 2.64. The van der Waals surface area contributed by atoms with Crippen molar-refractivity contribution in [1.82, 2.24) is 4.08 Å². The Balaban J connectivity index is 3.47. The number of hydrogen-bond donors (Lipinski definition) is 2. The van der Waals surface area contributed by atoms with Crippen LogP contribution in [-0.4, -0.2) is 46.2 Å². The van der Waals surface area contributed by atoms with Gasteiger partial charge in [0, 0.05) is 0 Å². The molecule has 1 saturated heterocycles. The van der Waals surface area contributed by atoms with E-state index < -0.39 is 47.4 Å². The molecule has 0 aromatic rings. The third-order valence-electron chi connectivity index (χ3n) is 2.72. The molecule has 0 spiro atoms. The molecule has 1 fully saturated rings. The molecule has 0 aromatic heterocycles. The molecule has 19 heavy (non-hydrogen) atoms. The van der Waals surface area contributed by atoms with E-state index in [0.717, 1.165) is 0 Å². The van der Waals surface area contributed by atoms with Crippen LogP contribution in [0.2, 0.25) is 0 Å². The summed E-state index contributed by atoms with van der Waals surface area (Å²) in [5, 5.41) is 9.07. The van der Waals surface area contributed by atoms with Crippen molar-refractivity contribution in [2.75, 3.05) is 5.75 Å². The van der Waals surface area contributed by atoms with Crippen LogP contribution in [0.1, 0.15) is 20.3 Å². The molecule has 9 nitrogen and oxygen atoms in total. The summed E-state index contributed by atoms with van der Waals surface area (Å²) in [5.74, 6) is -4.78. The van der Waals surface area contributed by atoms with Crippen LogP contribution in [0.4, 0.5) is 0 Å². The zero-order chi connectivity index (χ0) is 15.0. The van der Waals surface area contributed by atoms with Crippen LogP contribution in [0.25, 0.3) is 0 Å².